The van der Waals surface area contributed by atoms with E-state index in [0.29, 0.717) is 5.57 Å². The molecule has 0 amide bonds. The molecule has 3 rings (SSSR count). The number of rotatable bonds is 7. The minimum absolute atomic E-state index is 0.0426. The van der Waals surface area contributed by atoms with Crippen LogP contribution in [0.2, 0.25) is 0 Å². The molecule has 0 spiro atoms. The number of carbonyl (C=O) groups excluding carboxylic acids is 1. The second-order valence-corrected chi connectivity index (χ2v) is 10.5. The fourth-order valence-electron chi connectivity index (χ4n) is 2.96. The summed E-state index contributed by atoms with van der Waals surface area (Å²) in [5, 5.41) is 5.78. The first kappa shape index (κ1) is 19.4. The molecule has 0 radical (unpaired) electrons. The molecule has 27 heavy (non-hydrogen) atoms. The maximum absolute atomic E-state index is 12.2. The Balaban J connectivity index is 2.13. The smallest absolute Gasteiger partial charge is 0.157 e. The standard InChI is InChI=1S/C23H22NOPS/c1-18(19(2)25)23(20-12-6-3-7-13-20)24-26(27,21-14-8-4-9-15-21)22-16-10-5-11-17-22/h3-17,23H,1H2,2H3,(H,24,27). The SMILES string of the molecule is C=C(C(C)=O)C(NP(=S)(c1ccccc1)c1ccccc1)c1ccccc1. The summed E-state index contributed by atoms with van der Waals surface area (Å²) >= 11 is 6.26. The number of carbonyl (C=O) groups is 1. The van der Waals surface area contributed by atoms with Crippen molar-refractivity contribution in [1.82, 2.24) is 5.09 Å². The Hall–Kier alpha value is -2.32. The summed E-state index contributed by atoms with van der Waals surface area (Å²) in [6.07, 6.45) is -2.37. The van der Waals surface area contributed by atoms with E-state index in [9.17, 15) is 4.79 Å². The van der Waals surface area contributed by atoms with Crippen LogP contribution in [0.25, 0.3) is 0 Å². The van der Waals surface area contributed by atoms with E-state index in [0.717, 1.165) is 16.2 Å². The van der Waals surface area contributed by atoms with Crippen molar-refractivity contribution < 1.29 is 4.79 Å². The third kappa shape index (κ3) is 4.33. The molecule has 0 aliphatic rings. The average molecular weight is 391 g/mol. The van der Waals surface area contributed by atoms with Gasteiger partial charge >= 0.3 is 0 Å². The number of hydrogen-bond donors (Lipinski definition) is 1. The van der Waals surface area contributed by atoms with Gasteiger partial charge in [-0.2, -0.15) is 0 Å². The summed E-state index contributed by atoms with van der Waals surface area (Å²) in [5.41, 5.74) is 1.50. The van der Waals surface area contributed by atoms with Crippen molar-refractivity contribution in [2.24, 2.45) is 0 Å². The minimum atomic E-state index is -2.37. The fourth-order valence-corrected chi connectivity index (χ4v) is 6.45. The Morgan fingerprint density at radius 1 is 0.852 bits per heavy atom. The Labute approximate surface area is 166 Å². The Kier molecular flexibility index (Phi) is 6.18. The molecule has 0 fully saturated rings. The van der Waals surface area contributed by atoms with Crippen molar-refractivity contribution in [2.45, 2.75) is 13.0 Å². The Morgan fingerprint density at radius 3 is 1.67 bits per heavy atom. The quantitative estimate of drug-likeness (QED) is 0.475. The number of hydrogen-bond acceptors (Lipinski definition) is 2. The molecule has 4 heteroatoms. The van der Waals surface area contributed by atoms with Gasteiger partial charge in [0.2, 0.25) is 0 Å². The van der Waals surface area contributed by atoms with Crippen LogP contribution in [0.4, 0.5) is 0 Å². The molecule has 1 atom stereocenters. The molecule has 136 valence electrons. The zero-order valence-corrected chi connectivity index (χ0v) is 16.9. The van der Waals surface area contributed by atoms with Gasteiger partial charge in [-0.3, -0.25) is 9.88 Å². The molecule has 3 aromatic rings. The largest absolute Gasteiger partial charge is 0.295 e. The van der Waals surface area contributed by atoms with E-state index >= 15 is 0 Å². The number of Topliss-reactive ketones (excluding diaryl/α,β-unsaturated/α-hetero) is 1. The zero-order chi connectivity index (χ0) is 19.3. The van der Waals surface area contributed by atoms with Crippen LogP contribution in [-0.2, 0) is 16.6 Å². The van der Waals surface area contributed by atoms with Gasteiger partial charge in [0.1, 0.15) is 0 Å². The fraction of sp³-hybridized carbons (Fsp3) is 0.0870. The molecule has 0 heterocycles. The van der Waals surface area contributed by atoms with Crippen LogP contribution >= 0.6 is 6.19 Å². The second-order valence-electron chi connectivity index (χ2n) is 6.33. The lowest BCUT2D eigenvalue weighted by atomic mass is 9.98. The van der Waals surface area contributed by atoms with E-state index in [4.69, 9.17) is 11.8 Å². The van der Waals surface area contributed by atoms with Gasteiger partial charge in [0.25, 0.3) is 0 Å². The van der Waals surface area contributed by atoms with E-state index in [1.54, 1.807) is 6.92 Å². The monoisotopic (exact) mass is 391 g/mol. The highest BCUT2D eigenvalue weighted by atomic mass is 32.4. The van der Waals surface area contributed by atoms with Crippen LogP contribution in [0.1, 0.15) is 18.5 Å². The summed E-state index contributed by atoms with van der Waals surface area (Å²) in [4.78, 5) is 12.2. The molecule has 0 aliphatic heterocycles. The van der Waals surface area contributed by atoms with Gasteiger partial charge in [0.05, 0.1) is 12.2 Å². The van der Waals surface area contributed by atoms with Gasteiger partial charge in [-0.05, 0) is 12.5 Å². The van der Waals surface area contributed by atoms with Gasteiger partial charge in [0, 0.05) is 16.2 Å². The summed E-state index contributed by atoms with van der Waals surface area (Å²) in [5.74, 6) is -0.0426. The first-order valence-electron chi connectivity index (χ1n) is 8.76. The molecule has 0 aromatic heterocycles. The van der Waals surface area contributed by atoms with Gasteiger partial charge < -0.3 is 0 Å². The first-order chi connectivity index (χ1) is 13.0. The Bertz CT molecular complexity index is 928. The Morgan fingerprint density at radius 2 is 1.26 bits per heavy atom. The van der Waals surface area contributed by atoms with Gasteiger partial charge in [-0.15, -0.1) is 0 Å². The van der Waals surface area contributed by atoms with Gasteiger partial charge in [0.15, 0.2) is 5.78 Å². The minimum Gasteiger partial charge on any atom is -0.295 e. The normalized spacial score (nSPS) is 12.3. The van der Waals surface area contributed by atoms with Crippen LogP contribution in [0.3, 0.4) is 0 Å². The van der Waals surface area contributed by atoms with E-state index in [1.165, 1.54) is 0 Å². The second kappa shape index (κ2) is 8.58. The maximum Gasteiger partial charge on any atom is 0.157 e. The third-order valence-corrected chi connectivity index (χ3v) is 8.74. The van der Waals surface area contributed by atoms with E-state index < -0.39 is 6.19 Å². The van der Waals surface area contributed by atoms with Crippen LogP contribution in [-0.4, -0.2) is 5.78 Å². The lowest BCUT2D eigenvalue weighted by molar-refractivity contribution is -0.113. The summed E-state index contributed by atoms with van der Waals surface area (Å²) in [7, 11) is 0. The van der Waals surface area contributed by atoms with Crippen molar-refractivity contribution in [2.75, 3.05) is 0 Å². The molecular weight excluding hydrogens is 369 g/mol. The molecule has 0 saturated carbocycles. The van der Waals surface area contributed by atoms with Crippen molar-refractivity contribution in [3.05, 3.63) is 109 Å². The van der Waals surface area contributed by atoms with Crippen LogP contribution in [0, 0.1) is 0 Å². The van der Waals surface area contributed by atoms with Gasteiger partial charge in [-0.25, -0.2) is 0 Å². The van der Waals surface area contributed by atoms with Crippen molar-refractivity contribution >= 4 is 34.4 Å². The van der Waals surface area contributed by atoms with Crippen molar-refractivity contribution in [3.63, 3.8) is 0 Å². The van der Waals surface area contributed by atoms with E-state index in [1.807, 2.05) is 66.7 Å². The molecule has 1 unspecified atom stereocenters. The molecule has 0 aliphatic carbocycles. The first-order valence-corrected chi connectivity index (χ1v) is 11.6. The van der Waals surface area contributed by atoms with Crippen molar-refractivity contribution in [1.29, 1.82) is 0 Å². The molecule has 0 bridgehead atoms. The summed E-state index contributed by atoms with van der Waals surface area (Å²) in [6, 6.07) is 29.7. The van der Waals surface area contributed by atoms with Crippen LogP contribution in [0.5, 0.6) is 0 Å². The third-order valence-electron chi connectivity index (χ3n) is 4.48. The average Bonchev–Trinajstić information content (AvgIpc) is 2.73. The highest BCUT2D eigenvalue weighted by molar-refractivity contribution is 8.20. The molecule has 2 nitrogen and oxygen atoms in total. The maximum atomic E-state index is 12.2. The summed E-state index contributed by atoms with van der Waals surface area (Å²) in [6.45, 7) is 5.61. The molecular formula is C23H22NOPS. The predicted octanol–water partition coefficient (Wildman–Crippen LogP) is 4.51. The number of benzene rings is 3. The highest BCUT2D eigenvalue weighted by Crippen LogP contribution is 2.43. The number of ketones is 1. The van der Waals surface area contributed by atoms with Crippen molar-refractivity contribution in [3.8, 4) is 0 Å². The zero-order valence-electron chi connectivity index (χ0n) is 15.2. The van der Waals surface area contributed by atoms with Crippen LogP contribution < -0.4 is 15.7 Å². The molecule has 3 aromatic carbocycles. The lowest BCUT2D eigenvalue weighted by Gasteiger charge is -2.31. The van der Waals surface area contributed by atoms with E-state index in [-0.39, 0.29) is 11.8 Å². The number of nitrogens with one attached hydrogen (secondary N) is 1. The van der Waals surface area contributed by atoms with Gasteiger partial charge in [-0.1, -0.05) is 109 Å². The molecule has 1 N–H and O–H groups in total. The van der Waals surface area contributed by atoms with E-state index in [2.05, 4.69) is 35.9 Å². The topological polar surface area (TPSA) is 29.1 Å². The van der Waals surface area contributed by atoms with Crippen LogP contribution in [0.15, 0.2) is 103 Å². The highest BCUT2D eigenvalue weighted by Gasteiger charge is 2.28. The lowest BCUT2D eigenvalue weighted by Crippen LogP contribution is -2.32. The molecule has 0 saturated heterocycles. The predicted molar refractivity (Wildman–Crippen MR) is 119 cm³/mol. The summed E-state index contributed by atoms with van der Waals surface area (Å²) < 4.78 is 0.